The van der Waals surface area contributed by atoms with Crippen LogP contribution in [0.4, 0.5) is 5.69 Å². The van der Waals surface area contributed by atoms with Gasteiger partial charge in [-0.3, -0.25) is 19.8 Å². The van der Waals surface area contributed by atoms with E-state index >= 15 is 0 Å². The van der Waals surface area contributed by atoms with Gasteiger partial charge in [0.15, 0.2) is 0 Å². The van der Waals surface area contributed by atoms with Gasteiger partial charge in [0.1, 0.15) is 0 Å². The average molecular weight is 375 g/mol. The molecule has 6 heteroatoms. The summed E-state index contributed by atoms with van der Waals surface area (Å²) in [6.45, 7) is 3.65. The zero-order valence-corrected chi connectivity index (χ0v) is 15.5. The third-order valence-electron chi connectivity index (χ3n) is 5.23. The molecule has 28 heavy (non-hydrogen) atoms. The summed E-state index contributed by atoms with van der Waals surface area (Å²) in [5.74, 6) is 0.0757. The lowest BCUT2D eigenvalue weighted by Gasteiger charge is -2.35. The van der Waals surface area contributed by atoms with E-state index in [0.29, 0.717) is 13.1 Å². The van der Waals surface area contributed by atoms with Gasteiger partial charge in [0.2, 0.25) is 0 Å². The van der Waals surface area contributed by atoms with Crippen molar-refractivity contribution in [1.82, 2.24) is 9.80 Å². The van der Waals surface area contributed by atoms with Crippen molar-refractivity contribution in [1.29, 1.82) is 0 Å². The fourth-order valence-corrected chi connectivity index (χ4v) is 3.67. The van der Waals surface area contributed by atoms with Crippen molar-refractivity contribution >= 4 is 22.4 Å². The number of non-ortho nitro benzene ring substituents is 1. The second-order valence-electron chi connectivity index (χ2n) is 7.02. The minimum atomic E-state index is -0.387. The van der Waals surface area contributed by atoms with Gasteiger partial charge in [-0.15, -0.1) is 0 Å². The molecule has 0 aliphatic carbocycles. The summed E-state index contributed by atoms with van der Waals surface area (Å²) in [5.41, 5.74) is 1.90. The normalized spacial score (nSPS) is 14.9. The lowest BCUT2D eigenvalue weighted by molar-refractivity contribution is -0.384. The Hall–Kier alpha value is -3.25. The largest absolute Gasteiger partial charge is 0.336 e. The summed E-state index contributed by atoms with van der Waals surface area (Å²) in [6, 6.07) is 20.5. The fraction of sp³-hybridized carbons (Fsp3) is 0.227. The van der Waals surface area contributed by atoms with Gasteiger partial charge in [-0.2, -0.15) is 0 Å². The van der Waals surface area contributed by atoms with Gasteiger partial charge in [0.05, 0.1) is 4.92 Å². The quantitative estimate of drug-likeness (QED) is 0.515. The van der Waals surface area contributed by atoms with Crippen LogP contribution in [0.25, 0.3) is 10.8 Å². The molecule has 1 fully saturated rings. The Morgan fingerprint density at radius 2 is 1.57 bits per heavy atom. The molecule has 1 aliphatic heterocycles. The Balaban J connectivity index is 1.39. The molecule has 1 saturated heterocycles. The number of nitrogens with zero attached hydrogens (tertiary/aromatic N) is 3. The van der Waals surface area contributed by atoms with Crippen molar-refractivity contribution < 1.29 is 9.72 Å². The number of hydrogen-bond acceptors (Lipinski definition) is 4. The highest BCUT2D eigenvalue weighted by Gasteiger charge is 2.23. The van der Waals surface area contributed by atoms with Gasteiger partial charge in [-0.25, -0.2) is 0 Å². The van der Waals surface area contributed by atoms with Crippen LogP contribution in [0.2, 0.25) is 0 Å². The maximum absolute atomic E-state index is 13.0. The van der Waals surface area contributed by atoms with E-state index < -0.39 is 0 Å². The topological polar surface area (TPSA) is 66.7 Å². The molecule has 0 bridgehead atoms. The van der Waals surface area contributed by atoms with E-state index in [9.17, 15) is 14.9 Å². The Morgan fingerprint density at radius 3 is 2.29 bits per heavy atom. The van der Waals surface area contributed by atoms with Gasteiger partial charge in [-0.1, -0.05) is 48.5 Å². The van der Waals surface area contributed by atoms with Gasteiger partial charge in [0.25, 0.3) is 11.6 Å². The molecule has 142 valence electrons. The number of rotatable bonds is 4. The van der Waals surface area contributed by atoms with Crippen molar-refractivity contribution in [2.24, 2.45) is 0 Å². The number of carbonyl (C=O) groups is 1. The molecule has 6 nitrogen and oxygen atoms in total. The molecule has 0 N–H and O–H groups in total. The molecule has 0 atom stereocenters. The van der Waals surface area contributed by atoms with Gasteiger partial charge in [-0.05, 0) is 22.4 Å². The molecule has 0 saturated carbocycles. The maximum atomic E-state index is 13.0. The van der Waals surface area contributed by atoms with Crippen molar-refractivity contribution in [3.8, 4) is 0 Å². The molecule has 0 unspecified atom stereocenters. The minimum absolute atomic E-state index is 0.0757. The molecule has 1 amide bonds. The summed E-state index contributed by atoms with van der Waals surface area (Å²) in [7, 11) is 0. The van der Waals surface area contributed by atoms with Crippen molar-refractivity contribution in [2.75, 3.05) is 26.2 Å². The molecule has 3 aromatic carbocycles. The lowest BCUT2D eigenvalue weighted by atomic mass is 10.0. The zero-order chi connectivity index (χ0) is 19.5. The van der Waals surface area contributed by atoms with E-state index in [1.807, 2.05) is 47.4 Å². The van der Waals surface area contributed by atoms with Crippen molar-refractivity contribution in [3.05, 3.63) is 88.0 Å². The number of piperazine rings is 1. The highest BCUT2D eigenvalue weighted by molar-refractivity contribution is 6.07. The molecular formula is C22H21N3O3. The number of amides is 1. The minimum Gasteiger partial charge on any atom is -0.336 e. The van der Waals surface area contributed by atoms with Gasteiger partial charge < -0.3 is 4.90 Å². The highest BCUT2D eigenvalue weighted by atomic mass is 16.6. The fourth-order valence-electron chi connectivity index (χ4n) is 3.67. The van der Waals surface area contributed by atoms with Crippen LogP contribution in [0.3, 0.4) is 0 Å². The van der Waals surface area contributed by atoms with Crippen LogP contribution in [0.15, 0.2) is 66.7 Å². The summed E-state index contributed by atoms with van der Waals surface area (Å²) >= 11 is 0. The number of carbonyl (C=O) groups excluding carboxylic acids is 1. The van der Waals surface area contributed by atoms with Gasteiger partial charge >= 0.3 is 0 Å². The highest BCUT2D eigenvalue weighted by Crippen LogP contribution is 2.21. The Morgan fingerprint density at radius 1 is 0.893 bits per heavy atom. The molecular weight excluding hydrogens is 354 g/mol. The number of nitro groups is 1. The standard InChI is InChI=1S/C22H21N3O3/c26-22(21-7-3-5-18-4-1-2-6-20(18)21)24-14-12-23(13-15-24)16-17-8-10-19(11-9-17)25(27)28/h1-11H,12-16H2. The van der Waals surface area contributed by atoms with Crippen LogP contribution >= 0.6 is 0 Å². The number of nitro benzene ring substituents is 1. The molecule has 1 aliphatic rings. The summed E-state index contributed by atoms with van der Waals surface area (Å²) < 4.78 is 0. The SMILES string of the molecule is O=C(c1cccc2ccccc12)N1CCN(Cc2ccc([N+](=O)[O-])cc2)CC1. The Bertz CT molecular complexity index is 1000. The lowest BCUT2D eigenvalue weighted by Crippen LogP contribution is -2.48. The van der Waals surface area contributed by atoms with Crippen LogP contribution in [-0.2, 0) is 6.54 Å². The molecule has 3 aromatic rings. The number of hydrogen-bond donors (Lipinski definition) is 0. The first-order chi connectivity index (χ1) is 13.6. The maximum Gasteiger partial charge on any atom is 0.269 e. The second-order valence-corrected chi connectivity index (χ2v) is 7.02. The van der Waals surface area contributed by atoms with Crippen LogP contribution in [0, 0.1) is 10.1 Å². The predicted molar refractivity (Wildman–Crippen MR) is 108 cm³/mol. The first-order valence-corrected chi connectivity index (χ1v) is 9.34. The predicted octanol–water partition coefficient (Wildman–Crippen LogP) is 3.71. The van der Waals surface area contributed by atoms with Crippen molar-refractivity contribution in [3.63, 3.8) is 0 Å². The molecule has 0 aromatic heterocycles. The molecule has 1 heterocycles. The van der Waals surface area contributed by atoms with E-state index in [1.54, 1.807) is 12.1 Å². The van der Waals surface area contributed by atoms with Crippen LogP contribution in [0.5, 0.6) is 0 Å². The molecule has 0 radical (unpaired) electrons. The number of benzene rings is 3. The molecule has 0 spiro atoms. The average Bonchev–Trinajstić information content (AvgIpc) is 2.74. The first kappa shape index (κ1) is 18.1. The van der Waals surface area contributed by atoms with Gasteiger partial charge in [0, 0.05) is 50.4 Å². The van der Waals surface area contributed by atoms with Crippen LogP contribution in [0.1, 0.15) is 15.9 Å². The molecule has 4 rings (SSSR count). The smallest absolute Gasteiger partial charge is 0.269 e. The van der Waals surface area contributed by atoms with E-state index in [2.05, 4.69) is 4.90 Å². The van der Waals surface area contributed by atoms with E-state index in [0.717, 1.165) is 41.5 Å². The number of fused-ring (bicyclic) bond motifs is 1. The monoisotopic (exact) mass is 375 g/mol. The second kappa shape index (κ2) is 7.78. The Labute approximate surface area is 163 Å². The van der Waals surface area contributed by atoms with E-state index in [-0.39, 0.29) is 16.5 Å². The third-order valence-corrected chi connectivity index (χ3v) is 5.23. The summed E-state index contributed by atoms with van der Waals surface area (Å²) in [6.07, 6.45) is 0. The third kappa shape index (κ3) is 3.73. The van der Waals surface area contributed by atoms with Crippen LogP contribution < -0.4 is 0 Å². The Kier molecular flexibility index (Phi) is 5.04. The van der Waals surface area contributed by atoms with E-state index in [4.69, 9.17) is 0 Å². The van der Waals surface area contributed by atoms with Crippen molar-refractivity contribution in [2.45, 2.75) is 6.54 Å². The summed E-state index contributed by atoms with van der Waals surface area (Å²) in [5, 5.41) is 12.8. The zero-order valence-electron chi connectivity index (χ0n) is 15.5. The first-order valence-electron chi connectivity index (χ1n) is 9.34. The summed E-state index contributed by atoms with van der Waals surface area (Å²) in [4.78, 5) is 27.6. The van der Waals surface area contributed by atoms with E-state index in [1.165, 1.54) is 12.1 Å². The van der Waals surface area contributed by atoms with Crippen LogP contribution in [-0.4, -0.2) is 46.8 Å².